The highest BCUT2D eigenvalue weighted by atomic mass is 16.5. The lowest BCUT2D eigenvalue weighted by molar-refractivity contribution is -0.123. The van der Waals surface area contributed by atoms with Crippen molar-refractivity contribution >= 4 is 5.78 Å². The van der Waals surface area contributed by atoms with Crippen LogP contribution in [0.5, 0.6) is 0 Å². The number of Topliss-reactive ketones (excluding diaryl/α,β-unsaturated/α-hetero) is 1. The molecule has 2 atom stereocenters. The van der Waals surface area contributed by atoms with Gasteiger partial charge < -0.3 is 4.74 Å². The van der Waals surface area contributed by atoms with E-state index in [2.05, 4.69) is 6.07 Å². The maximum absolute atomic E-state index is 11.9. The van der Waals surface area contributed by atoms with E-state index >= 15 is 0 Å². The van der Waals surface area contributed by atoms with Crippen LogP contribution in [0.4, 0.5) is 0 Å². The zero-order valence-corrected chi connectivity index (χ0v) is 10.8. The van der Waals surface area contributed by atoms with E-state index in [0.717, 1.165) is 24.8 Å². The molecule has 0 spiro atoms. The van der Waals surface area contributed by atoms with Crippen LogP contribution in [0.1, 0.15) is 39.0 Å². The van der Waals surface area contributed by atoms with Crippen molar-refractivity contribution in [1.29, 1.82) is 5.26 Å². The molecule has 2 rings (SSSR count). The van der Waals surface area contributed by atoms with Crippen LogP contribution >= 0.6 is 0 Å². The van der Waals surface area contributed by atoms with Crippen molar-refractivity contribution < 1.29 is 9.53 Å². The van der Waals surface area contributed by atoms with E-state index in [1.165, 1.54) is 0 Å². The van der Waals surface area contributed by atoms with E-state index < -0.39 is 5.60 Å². The third kappa shape index (κ3) is 2.54. The first-order chi connectivity index (χ1) is 8.71. The summed E-state index contributed by atoms with van der Waals surface area (Å²) in [6.45, 7) is 2.40. The molecule has 0 aromatic heterocycles. The molecule has 0 bridgehead atoms. The van der Waals surface area contributed by atoms with Gasteiger partial charge in [0.15, 0.2) is 5.60 Å². The molecule has 0 radical (unpaired) electrons. The molecular formula is C15H19NO2. The molecule has 0 saturated heterocycles. The molecule has 0 aromatic rings. The number of ether oxygens (including phenoxy) is 1. The summed E-state index contributed by atoms with van der Waals surface area (Å²) in [5.74, 6) is 0.395. The molecule has 2 unspecified atom stereocenters. The van der Waals surface area contributed by atoms with Crippen LogP contribution < -0.4 is 0 Å². The van der Waals surface area contributed by atoms with E-state index in [1.54, 1.807) is 0 Å². The third-order valence-electron chi connectivity index (χ3n) is 3.73. The Morgan fingerprint density at radius 2 is 2.39 bits per heavy atom. The minimum Gasteiger partial charge on any atom is -0.356 e. The molecule has 3 heteroatoms. The average Bonchev–Trinajstić information content (AvgIpc) is 2.41. The Labute approximate surface area is 108 Å². The second-order valence-corrected chi connectivity index (χ2v) is 4.94. The predicted octanol–water partition coefficient (Wildman–Crippen LogP) is 2.93. The smallest absolute Gasteiger partial charge is 0.176 e. The fourth-order valence-corrected chi connectivity index (χ4v) is 2.71. The Morgan fingerprint density at radius 1 is 1.56 bits per heavy atom. The van der Waals surface area contributed by atoms with Gasteiger partial charge in [-0.25, -0.2) is 0 Å². The molecule has 0 aromatic carbocycles. The fraction of sp³-hybridized carbons (Fsp3) is 0.600. The number of carbonyl (C=O) groups excluding carboxylic acids is 1. The highest BCUT2D eigenvalue weighted by Crippen LogP contribution is 2.33. The highest BCUT2D eigenvalue weighted by molar-refractivity contribution is 5.85. The molecule has 1 saturated carbocycles. The number of carbonyl (C=O) groups is 1. The Balaban J connectivity index is 2.09. The van der Waals surface area contributed by atoms with Gasteiger partial charge in [0.25, 0.3) is 0 Å². The van der Waals surface area contributed by atoms with Gasteiger partial charge in [0.05, 0.1) is 0 Å². The van der Waals surface area contributed by atoms with Crippen LogP contribution in [0.3, 0.4) is 0 Å². The number of ketones is 1. The standard InChI is InChI=1S/C15H19NO2/c1-2-18-15(11-16)9-7-12(8-10-15)13-5-3-4-6-14(13)17/h7-9,13H,2-6,10H2,1H3. The zero-order chi connectivity index (χ0) is 13.0. The van der Waals surface area contributed by atoms with Crippen LogP contribution in [0.15, 0.2) is 23.8 Å². The van der Waals surface area contributed by atoms with Gasteiger partial charge >= 0.3 is 0 Å². The number of nitrogens with zero attached hydrogens (tertiary/aromatic N) is 1. The van der Waals surface area contributed by atoms with E-state index in [9.17, 15) is 10.1 Å². The molecule has 2 aliphatic carbocycles. The number of hydrogen-bond donors (Lipinski definition) is 0. The maximum atomic E-state index is 11.9. The normalized spacial score (nSPS) is 31.9. The second-order valence-electron chi connectivity index (χ2n) is 4.94. The lowest BCUT2D eigenvalue weighted by atomic mass is 9.79. The van der Waals surface area contributed by atoms with Gasteiger partial charge in [0.2, 0.25) is 0 Å². The Bertz CT molecular complexity index is 430. The molecule has 0 N–H and O–H groups in total. The molecule has 0 heterocycles. The van der Waals surface area contributed by atoms with Crippen molar-refractivity contribution in [2.45, 2.75) is 44.6 Å². The van der Waals surface area contributed by atoms with Crippen molar-refractivity contribution in [3.63, 3.8) is 0 Å². The van der Waals surface area contributed by atoms with Gasteiger partial charge in [-0.1, -0.05) is 18.6 Å². The highest BCUT2D eigenvalue weighted by Gasteiger charge is 2.32. The summed E-state index contributed by atoms with van der Waals surface area (Å²) in [6.07, 6.45) is 10.1. The molecule has 96 valence electrons. The zero-order valence-electron chi connectivity index (χ0n) is 10.8. The summed E-state index contributed by atoms with van der Waals surface area (Å²) in [5, 5.41) is 9.20. The first kappa shape index (κ1) is 13.0. The summed E-state index contributed by atoms with van der Waals surface area (Å²) in [4.78, 5) is 11.9. The quantitative estimate of drug-likeness (QED) is 0.768. The molecule has 3 nitrogen and oxygen atoms in total. The summed E-state index contributed by atoms with van der Waals surface area (Å²) >= 11 is 0. The van der Waals surface area contributed by atoms with Crippen LogP contribution in [0, 0.1) is 17.2 Å². The van der Waals surface area contributed by atoms with Crippen molar-refractivity contribution in [3.05, 3.63) is 23.8 Å². The maximum Gasteiger partial charge on any atom is 0.176 e. The minimum atomic E-state index is -0.823. The monoisotopic (exact) mass is 245 g/mol. The molecule has 1 fully saturated rings. The number of hydrogen-bond acceptors (Lipinski definition) is 3. The van der Waals surface area contributed by atoms with Crippen LogP contribution in [0.25, 0.3) is 0 Å². The summed E-state index contributed by atoms with van der Waals surface area (Å²) in [5.41, 5.74) is 0.251. The third-order valence-corrected chi connectivity index (χ3v) is 3.73. The van der Waals surface area contributed by atoms with E-state index in [1.807, 2.05) is 25.2 Å². The van der Waals surface area contributed by atoms with Crippen molar-refractivity contribution in [2.24, 2.45) is 5.92 Å². The fourth-order valence-electron chi connectivity index (χ4n) is 2.71. The van der Waals surface area contributed by atoms with Gasteiger partial charge in [0.1, 0.15) is 11.9 Å². The predicted molar refractivity (Wildman–Crippen MR) is 68.8 cm³/mol. The summed E-state index contributed by atoms with van der Waals surface area (Å²) in [7, 11) is 0. The number of allylic oxidation sites excluding steroid dienone is 2. The van der Waals surface area contributed by atoms with Gasteiger partial charge in [-0.2, -0.15) is 5.26 Å². The SMILES string of the molecule is CCOC1(C#N)C=CC(C2CCCCC2=O)=CC1. The number of rotatable bonds is 3. The Hall–Kier alpha value is -1.40. The van der Waals surface area contributed by atoms with Crippen molar-refractivity contribution in [3.8, 4) is 6.07 Å². The molecule has 2 aliphatic rings. The Morgan fingerprint density at radius 3 is 2.94 bits per heavy atom. The lowest BCUT2D eigenvalue weighted by Gasteiger charge is -2.28. The van der Waals surface area contributed by atoms with Gasteiger partial charge in [-0.05, 0) is 31.4 Å². The van der Waals surface area contributed by atoms with Gasteiger partial charge in [-0.15, -0.1) is 0 Å². The van der Waals surface area contributed by atoms with Gasteiger partial charge in [-0.3, -0.25) is 4.79 Å². The van der Waals surface area contributed by atoms with E-state index in [4.69, 9.17) is 4.74 Å². The molecular weight excluding hydrogens is 226 g/mol. The minimum absolute atomic E-state index is 0.0494. The van der Waals surface area contributed by atoms with E-state index in [-0.39, 0.29) is 5.92 Å². The van der Waals surface area contributed by atoms with Crippen LogP contribution in [0.2, 0.25) is 0 Å². The first-order valence-electron chi connectivity index (χ1n) is 6.68. The van der Waals surface area contributed by atoms with Crippen LogP contribution in [-0.4, -0.2) is 18.0 Å². The average molecular weight is 245 g/mol. The van der Waals surface area contributed by atoms with Crippen molar-refractivity contribution in [2.75, 3.05) is 6.61 Å². The number of nitriles is 1. The summed E-state index contributed by atoms with van der Waals surface area (Å²) < 4.78 is 5.50. The largest absolute Gasteiger partial charge is 0.356 e. The molecule has 18 heavy (non-hydrogen) atoms. The topological polar surface area (TPSA) is 50.1 Å². The van der Waals surface area contributed by atoms with E-state index in [0.29, 0.717) is 25.2 Å². The van der Waals surface area contributed by atoms with Crippen LogP contribution in [-0.2, 0) is 9.53 Å². The molecule has 0 aliphatic heterocycles. The summed E-state index contributed by atoms with van der Waals surface area (Å²) in [6, 6.07) is 2.21. The first-order valence-corrected chi connectivity index (χ1v) is 6.68. The lowest BCUT2D eigenvalue weighted by Crippen LogP contribution is -2.31. The molecule has 0 amide bonds. The van der Waals surface area contributed by atoms with Crippen molar-refractivity contribution in [1.82, 2.24) is 0 Å². The second kappa shape index (κ2) is 5.49. The Kier molecular flexibility index (Phi) is 3.98. The van der Waals surface area contributed by atoms with Gasteiger partial charge in [0, 0.05) is 25.4 Å².